The summed E-state index contributed by atoms with van der Waals surface area (Å²) in [5.74, 6) is 3.01. The largest absolute Gasteiger partial charge is 0.480 e. The maximum absolute atomic E-state index is 8.59. The lowest BCUT2D eigenvalue weighted by Crippen LogP contribution is -1.94. The van der Waals surface area contributed by atoms with Crippen LogP contribution in [0.3, 0.4) is 0 Å². The maximum atomic E-state index is 8.59. The van der Waals surface area contributed by atoms with Gasteiger partial charge in [-0.15, -0.1) is 6.42 Å². The first-order chi connectivity index (χ1) is 6.27. The molecule has 0 unspecified atom stereocenters. The number of hydrogen-bond donors (Lipinski definition) is 0. The average Bonchev–Trinajstić information content (AvgIpc) is 2.16. The molecule has 1 rings (SSSR count). The van der Waals surface area contributed by atoms with E-state index in [1.165, 1.54) is 0 Å². The number of nitriles is 1. The zero-order valence-corrected chi connectivity index (χ0v) is 8.34. The first kappa shape index (κ1) is 9.64. The lowest BCUT2D eigenvalue weighted by atomic mass is 10.2. The second kappa shape index (κ2) is 4.54. The number of benzene rings is 1. The Morgan fingerprint density at radius 2 is 2.31 bits per heavy atom. The Bertz CT molecular complexity index is 387. The summed E-state index contributed by atoms with van der Waals surface area (Å²) >= 11 is 3.27. The molecule has 0 aromatic heterocycles. The normalized spacial score (nSPS) is 8.54. The van der Waals surface area contributed by atoms with Gasteiger partial charge in [-0.25, -0.2) is 0 Å². The van der Waals surface area contributed by atoms with Crippen LogP contribution in [0.1, 0.15) is 5.56 Å². The summed E-state index contributed by atoms with van der Waals surface area (Å²) in [6.45, 7) is 0.227. The molecule has 0 aliphatic carbocycles. The van der Waals surface area contributed by atoms with Crippen molar-refractivity contribution in [1.29, 1.82) is 5.26 Å². The zero-order chi connectivity index (χ0) is 9.68. The summed E-state index contributed by atoms with van der Waals surface area (Å²) < 4.78 is 5.93. The Kier molecular flexibility index (Phi) is 3.37. The number of nitrogens with zero attached hydrogens (tertiary/aromatic N) is 1. The highest BCUT2D eigenvalue weighted by atomic mass is 79.9. The Morgan fingerprint density at radius 3 is 2.85 bits per heavy atom. The molecular weight excluding hydrogens is 230 g/mol. The summed E-state index contributed by atoms with van der Waals surface area (Å²) in [6.07, 6.45) is 5.04. The van der Waals surface area contributed by atoms with Crippen LogP contribution >= 0.6 is 15.9 Å². The van der Waals surface area contributed by atoms with Crippen LogP contribution in [-0.2, 0) is 0 Å². The van der Waals surface area contributed by atoms with E-state index in [0.29, 0.717) is 11.3 Å². The maximum Gasteiger partial charge on any atom is 0.148 e. The smallest absolute Gasteiger partial charge is 0.148 e. The molecule has 1 aromatic carbocycles. The van der Waals surface area contributed by atoms with Crippen LogP contribution in [0, 0.1) is 23.7 Å². The fraction of sp³-hybridized carbons (Fsp3) is 0.100. The van der Waals surface area contributed by atoms with Crippen LogP contribution in [0.2, 0.25) is 0 Å². The SMILES string of the molecule is C#CCOc1ccc(C#N)cc1Br. The fourth-order valence-electron chi connectivity index (χ4n) is 0.807. The molecule has 0 spiro atoms. The highest BCUT2D eigenvalue weighted by molar-refractivity contribution is 9.10. The monoisotopic (exact) mass is 235 g/mol. The molecule has 0 aliphatic heterocycles. The number of rotatable bonds is 2. The van der Waals surface area contributed by atoms with E-state index in [0.717, 1.165) is 4.47 Å². The number of hydrogen-bond acceptors (Lipinski definition) is 2. The highest BCUT2D eigenvalue weighted by Gasteiger charge is 2.00. The third kappa shape index (κ3) is 2.50. The molecule has 2 nitrogen and oxygen atoms in total. The first-order valence-electron chi connectivity index (χ1n) is 3.54. The predicted molar refractivity (Wildman–Crippen MR) is 53.2 cm³/mol. The van der Waals surface area contributed by atoms with Gasteiger partial charge in [-0.3, -0.25) is 0 Å². The average molecular weight is 236 g/mol. The third-order valence-corrected chi connectivity index (χ3v) is 1.99. The molecule has 64 valence electrons. The van der Waals surface area contributed by atoms with Crippen molar-refractivity contribution in [3.63, 3.8) is 0 Å². The van der Waals surface area contributed by atoms with Crippen molar-refractivity contribution in [3.05, 3.63) is 28.2 Å². The Morgan fingerprint density at radius 1 is 1.54 bits per heavy atom. The van der Waals surface area contributed by atoms with Gasteiger partial charge in [-0.2, -0.15) is 5.26 Å². The molecular formula is C10H6BrNO. The van der Waals surface area contributed by atoms with Crippen molar-refractivity contribution in [1.82, 2.24) is 0 Å². The first-order valence-corrected chi connectivity index (χ1v) is 4.33. The van der Waals surface area contributed by atoms with Gasteiger partial charge in [0.1, 0.15) is 12.4 Å². The Hall–Kier alpha value is -1.45. The molecule has 0 saturated carbocycles. The van der Waals surface area contributed by atoms with Gasteiger partial charge in [0.25, 0.3) is 0 Å². The van der Waals surface area contributed by atoms with E-state index in [1.807, 2.05) is 6.07 Å². The van der Waals surface area contributed by atoms with Crippen molar-refractivity contribution in [2.45, 2.75) is 0 Å². The lowest BCUT2D eigenvalue weighted by molar-refractivity contribution is 0.368. The van der Waals surface area contributed by atoms with Crippen LogP contribution in [0.15, 0.2) is 22.7 Å². The van der Waals surface area contributed by atoms with E-state index in [4.69, 9.17) is 16.4 Å². The van der Waals surface area contributed by atoms with Crippen LogP contribution in [0.4, 0.5) is 0 Å². The molecule has 0 heterocycles. The van der Waals surface area contributed by atoms with E-state index in [1.54, 1.807) is 18.2 Å². The van der Waals surface area contributed by atoms with E-state index >= 15 is 0 Å². The van der Waals surface area contributed by atoms with Crippen LogP contribution in [0.5, 0.6) is 5.75 Å². The molecule has 0 fully saturated rings. The second-order valence-electron chi connectivity index (χ2n) is 2.25. The molecule has 3 heteroatoms. The molecule has 0 atom stereocenters. The van der Waals surface area contributed by atoms with E-state index in [-0.39, 0.29) is 6.61 Å². The Balaban J connectivity index is 2.88. The molecule has 0 saturated heterocycles. The van der Waals surface area contributed by atoms with Gasteiger partial charge in [0.05, 0.1) is 16.1 Å². The quantitative estimate of drug-likeness (QED) is 0.738. The summed E-state index contributed by atoms with van der Waals surface area (Å²) in [7, 11) is 0. The van der Waals surface area contributed by atoms with Gasteiger partial charge in [0.2, 0.25) is 0 Å². The van der Waals surface area contributed by atoms with Crippen molar-refractivity contribution < 1.29 is 4.74 Å². The van der Waals surface area contributed by atoms with Crippen LogP contribution in [0.25, 0.3) is 0 Å². The minimum Gasteiger partial charge on any atom is -0.480 e. The molecule has 13 heavy (non-hydrogen) atoms. The molecule has 0 N–H and O–H groups in total. The third-order valence-electron chi connectivity index (χ3n) is 1.37. The molecule has 0 radical (unpaired) electrons. The van der Waals surface area contributed by atoms with Gasteiger partial charge in [0.15, 0.2) is 0 Å². The Labute approximate surface area is 85.3 Å². The summed E-state index contributed by atoms with van der Waals surface area (Å²) in [5.41, 5.74) is 0.583. The molecule has 1 aromatic rings. The van der Waals surface area contributed by atoms with Crippen molar-refractivity contribution in [3.8, 4) is 24.2 Å². The summed E-state index contributed by atoms with van der Waals surface area (Å²) in [5, 5.41) is 8.59. The standard InChI is InChI=1S/C10H6BrNO/c1-2-5-13-10-4-3-8(7-12)6-9(10)11/h1,3-4,6H,5H2. The second-order valence-corrected chi connectivity index (χ2v) is 3.10. The number of terminal acetylenes is 1. The predicted octanol–water partition coefficient (Wildman–Crippen LogP) is 2.33. The molecule has 0 aliphatic rings. The van der Waals surface area contributed by atoms with Gasteiger partial charge >= 0.3 is 0 Å². The molecule has 0 bridgehead atoms. The van der Waals surface area contributed by atoms with Gasteiger partial charge in [-0.1, -0.05) is 5.92 Å². The molecule has 0 amide bonds. The van der Waals surface area contributed by atoms with E-state index < -0.39 is 0 Å². The number of ether oxygens (including phenoxy) is 1. The van der Waals surface area contributed by atoms with E-state index in [2.05, 4.69) is 21.9 Å². The topological polar surface area (TPSA) is 33.0 Å². The highest BCUT2D eigenvalue weighted by Crippen LogP contribution is 2.25. The lowest BCUT2D eigenvalue weighted by Gasteiger charge is -2.04. The van der Waals surface area contributed by atoms with Crippen LogP contribution < -0.4 is 4.74 Å². The zero-order valence-electron chi connectivity index (χ0n) is 6.75. The minimum absolute atomic E-state index is 0.227. The van der Waals surface area contributed by atoms with Gasteiger partial charge < -0.3 is 4.74 Å². The van der Waals surface area contributed by atoms with Crippen molar-refractivity contribution >= 4 is 15.9 Å². The summed E-state index contributed by atoms with van der Waals surface area (Å²) in [4.78, 5) is 0. The van der Waals surface area contributed by atoms with E-state index in [9.17, 15) is 0 Å². The van der Waals surface area contributed by atoms with Crippen LogP contribution in [-0.4, -0.2) is 6.61 Å². The number of halogens is 1. The van der Waals surface area contributed by atoms with Crippen molar-refractivity contribution in [2.75, 3.05) is 6.61 Å². The fourth-order valence-corrected chi connectivity index (χ4v) is 1.30. The van der Waals surface area contributed by atoms with Gasteiger partial charge in [0, 0.05) is 0 Å². The van der Waals surface area contributed by atoms with Crippen molar-refractivity contribution in [2.24, 2.45) is 0 Å². The van der Waals surface area contributed by atoms with Gasteiger partial charge in [-0.05, 0) is 34.1 Å². The summed E-state index contributed by atoms with van der Waals surface area (Å²) in [6, 6.07) is 7.10. The minimum atomic E-state index is 0.227.